The minimum Gasteiger partial charge on any atom is -0.493 e. The highest BCUT2D eigenvalue weighted by Crippen LogP contribution is 2.35. The maximum atomic E-state index is 9.74. The lowest BCUT2D eigenvalue weighted by molar-refractivity contribution is 0.154. The Morgan fingerprint density at radius 2 is 1.90 bits per heavy atom. The highest BCUT2D eigenvalue weighted by Gasteiger charge is 2.26. The Bertz CT molecular complexity index is 1030. The van der Waals surface area contributed by atoms with Gasteiger partial charge in [0.05, 0.1) is 13.2 Å². The highest BCUT2D eigenvalue weighted by molar-refractivity contribution is 6.30. The molecule has 5 rings (SSSR count). The average molecular weight is 439 g/mol. The molecule has 1 atom stereocenters. The third-order valence-electron chi connectivity index (χ3n) is 6.74. The molecule has 3 aromatic rings. The van der Waals surface area contributed by atoms with Gasteiger partial charge >= 0.3 is 0 Å². The fourth-order valence-electron chi connectivity index (χ4n) is 4.76. The van der Waals surface area contributed by atoms with Crippen LogP contribution >= 0.6 is 11.6 Å². The number of rotatable bonds is 9. The van der Waals surface area contributed by atoms with Crippen LogP contribution < -0.4 is 4.74 Å². The van der Waals surface area contributed by atoms with E-state index in [-0.39, 0.29) is 6.61 Å². The Balaban J connectivity index is 1.34. The van der Waals surface area contributed by atoms with Crippen molar-refractivity contribution in [3.8, 4) is 5.75 Å². The molecule has 31 heavy (non-hydrogen) atoms. The van der Waals surface area contributed by atoms with Crippen LogP contribution in [-0.2, 0) is 19.5 Å². The summed E-state index contributed by atoms with van der Waals surface area (Å²) < 4.78 is 8.56. The fraction of sp³-hybridized carbons (Fsp3) is 0.462. The first-order chi connectivity index (χ1) is 15.2. The Morgan fingerprint density at radius 3 is 2.68 bits per heavy atom. The van der Waals surface area contributed by atoms with Gasteiger partial charge in [0.1, 0.15) is 5.75 Å². The normalized spacial score (nSPS) is 19.4. The molecule has 4 nitrogen and oxygen atoms in total. The minimum atomic E-state index is 0.250. The lowest BCUT2D eigenvalue weighted by Crippen LogP contribution is -2.31. The molecule has 0 amide bonds. The summed E-state index contributed by atoms with van der Waals surface area (Å²) in [6, 6.07) is 14.8. The smallest absolute Gasteiger partial charge is 0.120 e. The van der Waals surface area contributed by atoms with Gasteiger partial charge in [-0.2, -0.15) is 0 Å². The molecule has 2 heterocycles. The molecule has 1 saturated heterocycles. The molecule has 5 heteroatoms. The Labute approximate surface area is 189 Å². The van der Waals surface area contributed by atoms with E-state index in [0.717, 1.165) is 49.2 Å². The van der Waals surface area contributed by atoms with Gasteiger partial charge in [-0.15, -0.1) is 0 Å². The number of aliphatic hydroxyl groups excluding tert-OH is 1. The van der Waals surface area contributed by atoms with Crippen molar-refractivity contribution in [1.29, 1.82) is 0 Å². The Hall–Kier alpha value is -2.01. The number of fused-ring (bicyclic) bond motifs is 1. The van der Waals surface area contributed by atoms with Gasteiger partial charge in [0.2, 0.25) is 0 Å². The first kappa shape index (κ1) is 20.9. The number of benzene rings is 2. The van der Waals surface area contributed by atoms with Gasteiger partial charge in [0.25, 0.3) is 0 Å². The summed E-state index contributed by atoms with van der Waals surface area (Å²) in [6.45, 7) is 3.96. The van der Waals surface area contributed by atoms with Crippen molar-refractivity contribution in [2.45, 2.75) is 51.2 Å². The molecule has 2 aromatic carbocycles. The molecule has 1 N–H and O–H groups in total. The number of ether oxygens (including phenoxy) is 1. The van der Waals surface area contributed by atoms with E-state index < -0.39 is 0 Å². The third-order valence-corrected chi connectivity index (χ3v) is 6.99. The number of hydrogen-bond acceptors (Lipinski definition) is 3. The zero-order valence-electron chi connectivity index (χ0n) is 18.0. The molecule has 2 fully saturated rings. The lowest BCUT2D eigenvalue weighted by atomic mass is 10.1. The van der Waals surface area contributed by atoms with Gasteiger partial charge in [-0.25, -0.2) is 0 Å². The zero-order valence-corrected chi connectivity index (χ0v) is 18.7. The summed E-state index contributed by atoms with van der Waals surface area (Å²) in [5.41, 5.74) is 3.87. The van der Waals surface area contributed by atoms with Crippen molar-refractivity contribution in [2.24, 2.45) is 5.92 Å². The lowest BCUT2D eigenvalue weighted by Gasteiger charge is -2.22. The van der Waals surface area contributed by atoms with Crippen molar-refractivity contribution in [3.05, 3.63) is 64.8 Å². The standard InChI is InChI=1S/C26H31ClN2O2/c27-22-7-5-19(6-8-22)11-13-31-24-9-10-26-25(14-24)21(17-29(26)15-20-3-4-20)16-28-12-1-2-23(28)18-30/h5-10,14,17,20,23,30H,1-4,11-13,15-16,18H2/t23-/m0/s1. The topological polar surface area (TPSA) is 37.6 Å². The summed E-state index contributed by atoms with van der Waals surface area (Å²) in [4.78, 5) is 2.43. The van der Waals surface area contributed by atoms with Crippen LogP contribution in [0, 0.1) is 5.92 Å². The van der Waals surface area contributed by atoms with Gasteiger partial charge in [-0.3, -0.25) is 4.90 Å². The van der Waals surface area contributed by atoms with Gasteiger partial charge in [-0.05, 0) is 79.6 Å². The van der Waals surface area contributed by atoms with Crippen LogP contribution in [0.3, 0.4) is 0 Å². The molecule has 1 aromatic heterocycles. The van der Waals surface area contributed by atoms with E-state index in [9.17, 15) is 5.11 Å². The molecular formula is C26H31ClN2O2. The third kappa shape index (κ3) is 4.92. The second-order valence-electron chi connectivity index (χ2n) is 9.10. The SMILES string of the molecule is OC[C@@H]1CCCN1Cc1cn(CC2CC2)c2ccc(OCCc3ccc(Cl)cc3)cc12. The first-order valence-electron chi connectivity index (χ1n) is 11.5. The molecular weight excluding hydrogens is 408 g/mol. The van der Waals surface area contributed by atoms with E-state index in [1.54, 1.807) is 0 Å². The predicted molar refractivity (Wildman–Crippen MR) is 126 cm³/mol. The van der Waals surface area contributed by atoms with E-state index in [4.69, 9.17) is 16.3 Å². The second kappa shape index (κ2) is 9.23. The molecule has 1 saturated carbocycles. The van der Waals surface area contributed by atoms with Gasteiger partial charge in [0, 0.05) is 47.7 Å². The largest absolute Gasteiger partial charge is 0.493 e. The predicted octanol–water partition coefficient (Wildman–Crippen LogP) is 5.28. The Morgan fingerprint density at radius 1 is 1.06 bits per heavy atom. The van der Waals surface area contributed by atoms with Crippen molar-refractivity contribution < 1.29 is 9.84 Å². The van der Waals surface area contributed by atoms with E-state index in [2.05, 4.69) is 46.0 Å². The van der Waals surface area contributed by atoms with E-state index in [1.807, 2.05) is 12.1 Å². The van der Waals surface area contributed by atoms with Gasteiger partial charge < -0.3 is 14.4 Å². The summed E-state index contributed by atoms with van der Waals surface area (Å²) in [5.74, 6) is 1.75. The van der Waals surface area contributed by atoms with Gasteiger partial charge in [0.15, 0.2) is 0 Å². The first-order valence-corrected chi connectivity index (χ1v) is 11.9. The number of nitrogens with zero attached hydrogens (tertiary/aromatic N) is 2. The van der Waals surface area contributed by atoms with Crippen LogP contribution in [0.25, 0.3) is 10.9 Å². The maximum absolute atomic E-state index is 9.74. The van der Waals surface area contributed by atoms with Crippen LogP contribution in [0.4, 0.5) is 0 Å². The summed E-state index contributed by atoms with van der Waals surface area (Å²) in [7, 11) is 0. The number of aliphatic hydroxyl groups is 1. The van der Waals surface area contributed by atoms with Gasteiger partial charge in [-0.1, -0.05) is 23.7 Å². The fourth-order valence-corrected chi connectivity index (χ4v) is 4.89. The molecule has 0 unspecified atom stereocenters. The summed E-state index contributed by atoms with van der Waals surface area (Å²) in [6.07, 6.45) is 8.16. The zero-order chi connectivity index (χ0) is 21.2. The molecule has 0 radical (unpaired) electrons. The van der Waals surface area contributed by atoms with Crippen LogP contribution in [0.5, 0.6) is 5.75 Å². The molecule has 0 bridgehead atoms. The van der Waals surface area contributed by atoms with Crippen molar-refractivity contribution in [1.82, 2.24) is 9.47 Å². The van der Waals surface area contributed by atoms with Crippen LogP contribution in [0.15, 0.2) is 48.7 Å². The van der Waals surface area contributed by atoms with Crippen molar-refractivity contribution in [2.75, 3.05) is 19.8 Å². The summed E-state index contributed by atoms with van der Waals surface area (Å²) in [5, 5.41) is 11.8. The van der Waals surface area contributed by atoms with E-state index in [1.165, 1.54) is 41.3 Å². The monoisotopic (exact) mass is 438 g/mol. The molecule has 1 aliphatic heterocycles. The molecule has 0 spiro atoms. The van der Waals surface area contributed by atoms with Crippen LogP contribution in [0.2, 0.25) is 5.02 Å². The number of likely N-dealkylation sites (tertiary alicyclic amines) is 1. The average Bonchev–Trinajstić information content (AvgIpc) is 3.38. The van der Waals surface area contributed by atoms with Crippen molar-refractivity contribution in [3.63, 3.8) is 0 Å². The quantitative estimate of drug-likeness (QED) is 0.493. The highest BCUT2D eigenvalue weighted by atomic mass is 35.5. The van der Waals surface area contributed by atoms with Crippen LogP contribution in [-0.4, -0.2) is 40.4 Å². The Kier molecular flexibility index (Phi) is 6.22. The summed E-state index contributed by atoms with van der Waals surface area (Å²) >= 11 is 5.98. The number of halogens is 1. The maximum Gasteiger partial charge on any atom is 0.120 e. The van der Waals surface area contributed by atoms with Crippen LogP contribution in [0.1, 0.15) is 36.8 Å². The van der Waals surface area contributed by atoms with Crippen molar-refractivity contribution >= 4 is 22.5 Å². The van der Waals surface area contributed by atoms with E-state index >= 15 is 0 Å². The number of aromatic nitrogens is 1. The second-order valence-corrected chi connectivity index (χ2v) is 9.54. The molecule has 2 aliphatic rings. The minimum absolute atomic E-state index is 0.250. The molecule has 1 aliphatic carbocycles. The number of hydrogen-bond donors (Lipinski definition) is 1. The molecule has 164 valence electrons. The van der Waals surface area contributed by atoms with E-state index in [0.29, 0.717) is 12.6 Å².